The Bertz CT molecular complexity index is 1020. The van der Waals surface area contributed by atoms with Crippen molar-refractivity contribution in [1.29, 1.82) is 0 Å². The Labute approximate surface area is 181 Å². The first-order valence-electron chi connectivity index (χ1n) is 10.6. The zero-order valence-electron chi connectivity index (χ0n) is 17.1. The van der Waals surface area contributed by atoms with Crippen molar-refractivity contribution in [3.8, 4) is 11.3 Å². The van der Waals surface area contributed by atoms with Crippen LogP contribution in [0.2, 0.25) is 0 Å². The molecule has 0 saturated carbocycles. The third-order valence-corrected chi connectivity index (χ3v) is 7.30. The van der Waals surface area contributed by atoms with Crippen LogP contribution in [-0.4, -0.2) is 46.5 Å². The fraction of sp³-hybridized carbons (Fsp3) is 0.375. The number of benzene rings is 1. The van der Waals surface area contributed by atoms with Crippen molar-refractivity contribution in [1.82, 2.24) is 20.2 Å². The Morgan fingerprint density at radius 2 is 2.07 bits per heavy atom. The molecule has 3 saturated heterocycles. The molecule has 30 heavy (non-hydrogen) atoms. The van der Waals surface area contributed by atoms with E-state index in [1.54, 1.807) is 0 Å². The molecule has 5 nitrogen and oxygen atoms in total. The highest BCUT2D eigenvalue weighted by Crippen LogP contribution is 2.41. The lowest BCUT2D eigenvalue weighted by Crippen LogP contribution is -2.56. The Morgan fingerprint density at radius 1 is 1.20 bits per heavy atom. The van der Waals surface area contributed by atoms with Gasteiger partial charge in [-0.05, 0) is 49.7 Å². The highest BCUT2D eigenvalue weighted by atomic mass is 32.1. The molecule has 5 heterocycles. The maximum absolute atomic E-state index is 12.3. The van der Waals surface area contributed by atoms with Gasteiger partial charge in [0.2, 0.25) is 0 Å². The van der Waals surface area contributed by atoms with E-state index in [-0.39, 0.29) is 5.91 Å². The summed E-state index contributed by atoms with van der Waals surface area (Å²) in [5.41, 5.74) is 3.31. The molecular formula is C24H26N4OS. The number of aryl methyl sites for hydroxylation is 1. The molecule has 1 aromatic carbocycles. The normalized spacial score (nSPS) is 25.2. The van der Waals surface area contributed by atoms with Gasteiger partial charge in [0.25, 0.3) is 5.91 Å². The number of carbonyl (C=O) groups is 1. The number of carbonyl (C=O) groups excluding carboxylic acids is 1. The minimum atomic E-state index is 0.0446. The van der Waals surface area contributed by atoms with Crippen LogP contribution in [0.5, 0.6) is 0 Å². The van der Waals surface area contributed by atoms with Crippen LogP contribution in [0, 0.1) is 12.8 Å². The van der Waals surface area contributed by atoms with Crippen molar-refractivity contribution in [2.45, 2.75) is 31.7 Å². The number of hydrogen-bond acceptors (Lipinski definition) is 5. The molecule has 0 aliphatic carbocycles. The van der Waals surface area contributed by atoms with E-state index in [4.69, 9.17) is 4.98 Å². The maximum Gasteiger partial charge on any atom is 0.261 e. The van der Waals surface area contributed by atoms with Crippen LogP contribution in [0.15, 0.2) is 53.9 Å². The molecule has 2 bridgehead atoms. The predicted octanol–water partition coefficient (Wildman–Crippen LogP) is 4.12. The summed E-state index contributed by atoms with van der Waals surface area (Å²) in [6.07, 6.45) is 2.31. The second kappa shape index (κ2) is 8.28. The molecule has 3 aliphatic heterocycles. The van der Waals surface area contributed by atoms with Gasteiger partial charge in [-0.15, -0.1) is 11.3 Å². The molecule has 3 aliphatic rings. The van der Waals surface area contributed by atoms with Gasteiger partial charge < -0.3 is 5.32 Å². The highest BCUT2D eigenvalue weighted by Gasteiger charge is 2.41. The van der Waals surface area contributed by atoms with Crippen molar-refractivity contribution in [2.75, 3.05) is 19.6 Å². The standard InChI is InChI=1S/C24H26N4OS/c1-16-26-21(17-6-3-2-4-7-17)13-22(27-16)20-15-28-10-9-18(20)12-19(28)14-25-24(29)23-8-5-11-30-23/h2-8,11,13,18-20H,9-10,12,14-15H2,1H3,(H,25,29). The minimum absolute atomic E-state index is 0.0446. The molecule has 0 radical (unpaired) electrons. The van der Waals surface area contributed by atoms with Crippen LogP contribution in [0.3, 0.4) is 0 Å². The Hall–Kier alpha value is -2.57. The van der Waals surface area contributed by atoms with Gasteiger partial charge in [-0.3, -0.25) is 9.69 Å². The summed E-state index contributed by atoms with van der Waals surface area (Å²) in [6.45, 7) is 4.82. The summed E-state index contributed by atoms with van der Waals surface area (Å²) in [4.78, 5) is 25.1. The predicted molar refractivity (Wildman–Crippen MR) is 120 cm³/mol. The topological polar surface area (TPSA) is 58.1 Å². The first-order chi connectivity index (χ1) is 14.7. The van der Waals surface area contributed by atoms with Gasteiger partial charge in [0.1, 0.15) is 5.82 Å². The van der Waals surface area contributed by atoms with E-state index in [2.05, 4.69) is 45.5 Å². The number of nitrogens with one attached hydrogen (secondary N) is 1. The van der Waals surface area contributed by atoms with E-state index in [1.807, 2.05) is 30.5 Å². The fourth-order valence-electron chi connectivity index (χ4n) is 4.93. The lowest BCUT2D eigenvalue weighted by molar-refractivity contribution is 0.0290. The number of amides is 1. The van der Waals surface area contributed by atoms with Crippen LogP contribution in [-0.2, 0) is 0 Å². The molecule has 6 rings (SSSR count). The molecule has 2 aromatic heterocycles. The van der Waals surface area contributed by atoms with Gasteiger partial charge in [0, 0.05) is 36.3 Å². The minimum Gasteiger partial charge on any atom is -0.350 e. The van der Waals surface area contributed by atoms with E-state index in [0.29, 0.717) is 17.9 Å². The zero-order valence-corrected chi connectivity index (χ0v) is 17.9. The van der Waals surface area contributed by atoms with Crippen molar-refractivity contribution < 1.29 is 4.79 Å². The van der Waals surface area contributed by atoms with Gasteiger partial charge in [-0.25, -0.2) is 9.97 Å². The lowest BCUT2D eigenvalue weighted by Gasteiger charge is -2.49. The summed E-state index contributed by atoms with van der Waals surface area (Å²) >= 11 is 1.49. The van der Waals surface area contributed by atoms with Gasteiger partial charge in [0.05, 0.1) is 10.6 Å². The van der Waals surface area contributed by atoms with Gasteiger partial charge >= 0.3 is 0 Å². The number of rotatable bonds is 5. The molecule has 3 fully saturated rings. The molecular weight excluding hydrogens is 392 g/mol. The largest absolute Gasteiger partial charge is 0.350 e. The summed E-state index contributed by atoms with van der Waals surface area (Å²) in [5.74, 6) is 1.93. The molecule has 6 heteroatoms. The van der Waals surface area contributed by atoms with Crippen molar-refractivity contribution in [3.63, 3.8) is 0 Å². The Morgan fingerprint density at radius 3 is 2.80 bits per heavy atom. The van der Waals surface area contributed by atoms with Crippen LogP contribution >= 0.6 is 11.3 Å². The first-order valence-corrected chi connectivity index (χ1v) is 11.5. The number of hydrogen-bond donors (Lipinski definition) is 1. The highest BCUT2D eigenvalue weighted by molar-refractivity contribution is 7.12. The summed E-state index contributed by atoms with van der Waals surface area (Å²) < 4.78 is 0. The van der Waals surface area contributed by atoms with Gasteiger partial charge in [-0.2, -0.15) is 0 Å². The second-order valence-electron chi connectivity index (χ2n) is 8.32. The monoisotopic (exact) mass is 418 g/mol. The van der Waals surface area contributed by atoms with Crippen LogP contribution < -0.4 is 5.32 Å². The van der Waals surface area contributed by atoms with E-state index < -0.39 is 0 Å². The van der Waals surface area contributed by atoms with E-state index in [0.717, 1.165) is 53.7 Å². The van der Waals surface area contributed by atoms with Crippen LogP contribution in [0.1, 0.15) is 39.9 Å². The van der Waals surface area contributed by atoms with Crippen molar-refractivity contribution >= 4 is 17.2 Å². The number of aromatic nitrogens is 2. The van der Waals surface area contributed by atoms with E-state index in [1.165, 1.54) is 17.8 Å². The molecule has 154 valence electrons. The number of nitrogens with zero attached hydrogens (tertiary/aromatic N) is 3. The van der Waals surface area contributed by atoms with E-state index >= 15 is 0 Å². The summed E-state index contributed by atoms with van der Waals surface area (Å²) in [7, 11) is 0. The molecule has 1 N–H and O–H groups in total. The Kier molecular flexibility index (Phi) is 5.35. The molecule has 3 aromatic rings. The summed E-state index contributed by atoms with van der Waals surface area (Å²) in [5, 5.41) is 5.08. The Balaban J connectivity index is 1.29. The van der Waals surface area contributed by atoms with E-state index in [9.17, 15) is 4.79 Å². The fourth-order valence-corrected chi connectivity index (χ4v) is 5.57. The maximum atomic E-state index is 12.3. The quantitative estimate of drug-likeness (QED) is 0.677. The SMILES string of the molecule is Cc1nc(-c2ccccc2)cc(C2CN3CCC2CC3CNC(=O)c2cccs2)n1. The second-order valence-corrected chi connectivity index (χ2v) is 9.27. The van der Waals surface area contributed by atoms with Crippen LogP contribution in [0.25, 0.3) is 11.3 Å². The van der Waals surface area contributed by atoms with Gasteiger partial charge in [0.15, 0.2) is 0 Å². The first kappa shape index (κ1) is 19.4. The third kappa shape index (κ3) is 3.89. The third-order valence-electron chi connectivity index (χ3n) is 6.43. The smallest absolute Gasteiger partial charge is 0.261 e. The number of thiophene rings is 1. The number of piperidine rings is 3. The average Bonchev–Trinajstić information content (AvgIpc) is 3.33. The summed E-state index contributed by atoms with van der Waals surface area (Å²) in [6, 6.07) is 16.7. The molecule has 4 unspecified atom stereocenters. The molecule has 4 atom stereocenters. The van der Waals surface area contributed by atoms with Crippen molar-refractivity contribution in [2.24, 2.45) is 5.92 Å². The van der Waals surface area contributed by atoms with Gasteiger partial charge in [-0.1, -0.05) is 36.4 Å². The molecule has 1 amide bonds. The average molecular weight is 419 g/mol. The van der Waals surface area contributed by atoms with Crippen molar-refractivity contribution in [3.05, 3.63) is 70.3 Å². The zero-order chi connectivity index (χ0) is 20.5. The number of fused-ring (bicyclic) bond motifs is 3. The molecule has 0 spiro atoms. The lowest BCUT2D eigenvalue weighted by atomic mass is 9.74. The van der Waals surface area contributed by atoms with Crippen LogP contribution in [0.4, 0.5) is 0 Å².